The molecule has 0 amide bonds. The number of hydrogen-bond acceptors (Lipinski definition) is 1. The number of rotatable bonds is 9. The summed E-state index contributed by atoms with van der Waals surface area (Å²) in [6.45, 7) is 18.6. The Bertz CT molecular complexity index is 881. The second kappa shape index (κ2) is 11.6. The molecular formula is C30H39N. The number of anilines is 1. The Morgan fingerprint density at radius 1 is 1.03 bits per heavy atom. The van der Waals surface area contributed by atoms with Crippen molar-refractivity contribution in [2.45, 2.75) is 51.9 Å². The lowest BCUT2D eigenvalue weighted by Crippen LogP contribution is -2.23. The van der Waals surface area contributed by atoms with Gasteiger partial charge in [0.1, 0.15) is 0 Å². The van der Waals surface area contributed by atoms with Gasteiger partial charge in [0.25, 0.3) is 0 Å². The van der Waals surface area contributed by atoms with E-state index in [0.717, 1.165) is 25.7 Å². The predicted molar refractivity (Wildman–Crippen MR) is 139 cm³/mol. The third-order valence-electron chi connectivity index (χ3n) is 5.91. The van der Waals surface area contributed by atoms with Crippen LogP contribution < -0.4 is 4.90 Å². The molecule has 0 heterocycles. The summed E-state index contributed by atoms with van der Waals surface area (Å²) in [6.07, 6.45) is 20.9. The van der Waals surface area contributed by atoms with E-state index in [1.807, 2.05) is 18.2 Å². The van der Waals surface area contributed by atoms with Crippen LogP contribution in [0.4, 0.5) is 5.69 Å². The smallest absolute Gasteiger partial charge is 0.0405 e. The molecule has 1 nitrogen and oxygen atoms in total. The highest BCUT2D eigenvalue weighted by Gasteiger charge is 2.21. The van der Waals surface area contributed by atoms with Gasteiger partial charge >= 0.3 is 0 Å². The average Bonchev–Trinajstić information content (AvgIpc) is 2.99. The molecule has 0 aliphatic heterocycles. The van der Waals surface area contributed by atoms with Crippen LogP contribution in [0.3, 0.4) is 0 Å². The summed E-state index contributed by atoms with van der Waals surface area (Å²) in [5.41, 5.74) is 6.52. The molecule has 164 valence electrons. The monoisotopic (exact) mass is 413 g/mol. The lowest BCUT2D eigenvalue weighted by atomic mass is 9.87. The minimum atomic E-state index is 0.164. The van der Waals surface area contributed by atoms with Gasteiger partial charge in [-0.2, -0.15) is 0 Å². The molecule has 1 aromatic rings. The van der Waals surface area contributed by atoms with Gasteiger partial charge in [0.2, 0.25) is 0 Å². The molecule has 1 aliphatic rings. The fraction of sp³-hybridized carbons (Fsp3) is 0.333. The second-order valence-electron chi connectivity index (χ2n) is 9.24. The standard InChI is InChI=1S/C30H39N/c1-8-14-24(9-2)17-18-25(10-3)23-26-15-12-11-13-16-29(26)31(7)28-21-19-27(20-22-28)30(4,5)6/h8-11,13,16-22,26H,1-3,12,14-15,23H2,4-7H3/b24-17-,25-18+. The zero-order valence-corrected chi connectivity index (χ0v) is 19.9. The van der Waals surface area contributed by atoms with Crippen molar-refractivity contribution in [3.8, 4) is 0 Å². The Morgan fingerprint density at radius 3 is 2.26 bits per heavy atom. The van der Waals surface area contributed by atoms with Crippen molar-refractivity contribution in [2.75, 3.05) is 11.9 Å². The summed E-state index contributed by atoms with van der Waals surface area (Å²) >= 11 is 0. The molecule has 0 saturated heterocycles. The molecule has 0 saturated carbocycles. The van der Waals surface area contributed by atoms with Crippen LogP contribution >= 0.6 is 0 Å². The van der Waals surface area contributed by atoms with Gasteiger partial charge in [0.15, 0.2) is 0 Å². The third kappa shape index (κ3) is 7.14. The van der Waals surface area contributed by atoms with Crippen LogP contribution in [0, 0.1) is 5.92 Å². The van der Waals surface area contributed by atoms with Crippen LogP contribution in [0.15, 0.2) is 109 Å². The van der Waals surface area contributed by atoms with Crippen molar-refractivity contribution < 1.29 is 0 Å². The van der Waals surface area contributed by atoms with Crippen LogP contribution in [-0.2, 0) is 5.41 Å². The van der Waals surface area contributed by atoms with Gasteiger partial charge < -0.3 is 4.90 Å². The van der Waals surface area contributed by atoms with Crippen LogP contribution in [0.5, 0.6) is 0 Å². The van der Waals surface area contributed by atoms with Gasteiger partial charge in [-0.1, -0.05) is 88.6 Å². The molecule has 0 aromatic heterocycles. The normalized spacial score (nSPS) is 17.5. The maximum atomic E-state index is 4.07. The van der Waals surface area contributed by atoms with Crippen LogP contribution in [0.25, 0.3) is 0 Å². The quantitative estimate of drug-likeness (QED) is 0.290. The first-order chi connectivity index (χ1) is 14.8. The highest BCUT2D eigenvalue weighted by atomic mass is 15.1. The summed E-state index contributed by atoms with van der Waals surface area (Å²) in [4.78, 5) is 2.34. The minimum absolute atomic E-state index is 0.164. The zero-order chi connectivity index (χ0) is 22.9. The molecule has 0 bridgehead atoms. The van der Waals surface area contributed by atoms with E-state index in [2.05, 4.69) is 107 Å². The Balaban J connectivity index is 2.27. The molecule has 1 atom stereocenters. The third-order valence-corrected chi connectivity index (χ3v) is 5.91. The molecule has 2 rings (SSSR count). The van der Waals surface area contributed by atoms with Crippen molar-refractivity contribution in [2.24, 2.45) is 5.92 Å². The van der Waals surface area contributed by atoms with E-state index in [1.54, 1.807) is 0 Å². The maximum absolute atomic E-state index is 4.07. The number of allylic oxidation sites excluding steroid dienone is 11. The Kier molecular flexibility index (Phi) is 9.12. The van der Waals surface area contributed by atoms with Crippen LogP contribution in [-0.4, -0.2) is 7.05 Å². The molecule has 0 spiro atoms. The van der Waals surface area contributed by atoms with E-state index >= 15 is 0 Å². The Labute approximate surface area is 190 Å². The minimum Gasteiger partial charge on any atom is -0.348 e. The highest BCUT2D eigenvalue weighted by Crippen LogP contribution is 2.33. The van der Waals surface area contributed by atoms with Crippen molar-refractivity contribution in [1.29, 1.82) is 0 Å². The van der Waals surface area contributed by atoms with Gasteiger partial charge in [-0.05, 0) is 66.0 Å². The molecule has 1 unspecified atom stereocenters. The SMILES string of the molecule is C=CC/C(C=C)=C\C=C(/C=C)CC1CCC=CC=C1N(C)c1ccc(C(C)(C)C)cc1. The second-order valence-corrected chi connectivity index (χ2v) is 9.24. The zero-order valence-electron chi connectivity index (χ0n) is 19.9. The molecule has 1 aliphatic carbocycles. The molecule has 0 radical (unpaired) electrons. The highest BCUT2D eigenvalue weighted by molar-refractivity contribution is 5.54. The summed E-state index contributed by atoms with van der Waals surface area (Å²) in [7, 11) is 2.18. The van der Waals surface area contributed by atoms with E-state index in [0.29, 0.717) is 5.92 Å². The van der Waals surface area contributed by atoms with Gasteiger partial charge in [-0.15, -0.1) is 6.58 Å². The van der Waals surface area contributed by atoms with E-state index in [9.17, 15) is 0 Å². The topological polar surface area (TPSA) is 3.24 Å². The van der Waals surface area contributed by atoms with Crippen molar-refractivity contribution in [1.82, 2.24) is 0 Å². The number of hydrogen-bond donors (Lipinski definition) is 0. The first-order valence-electron chi connectivity index (χ1n) is 11.3. The molecular weight excluding hydrogens is 374 g/mol. The first kappa shape index (κ1) is 24.5. The fourth-order valence-corrected chi connectivity index (χ4v) is 3.87. The largest absolute Gasteiger partial charge is 0.348 e. The van der Waals surface area contributed by atoms with Crippen molar-refractivity contribution >= 4 is 5.69 Å². The molecule has 31 heavy (non-hydrogen) atoms. The molecule has 0 N–H and O–H groups in total. The lowest BCUT2D eigenvalue weighted by Gasteiger charge is -2.30. The van der Waals surface area contributed by atoms with Gasteiger partial charge in [0.05, 0.1) is 0 Å². The van der Waals surface area contributed by atoms with Crippen LogP contribution in [0.1, 0.15) is 52.0 Å². The Morgan fingerprint density at radius 2 is 1.68 bits per heavy atom. The van der Waals surface area contributed by atoms with Crippen molar-refractivity contribution in [3.05, 3.63) is 115 Å². The van der Waals surface area contributed by atoms with E-state index in [1.165, 1.54) is 28.1 Å². The lowest BCUT2D eigenvalue weighted by molar-refractivity contribution is 0.555. The number of nitrogens with zero attached hydrogens (tertiary/aromatic N) is 1. The van der Waals surface area contributed by atoms with Gasteiger partial charge in [0, 0.05) is 24.4 Å². The predicted octanol–water partition coefficient (Wildman–Crippen LogP) is 8.46. The summed E-state index contributed by atoms with van der Waals surface area (Å²) in [6, 6.07) is 8.99. The van der Waals surface area contributed by atoms with Gasteiger partial charge in [-0.25, -0.2) is 0 Å². The average molecular weight is 414 g/mol. The number of benzene rings is 1. The van der Waals surface area contributed by atoms with Crippen molar-refractivity contribution in [3.63, 3.8) is 0 Å². The van der Waals surface area contributed by atoms with Crippen LogP contribution in [0.2, 0.25) is 0 Å². The summed E-state index contributed by atoms with van der Waals surface area (Å²) in [5, 5.41) is 0. The van der Waals surface area contributed by atoms with E-state index in [4.69, 9.17) is 0 Å². The van der Waals surface area contributed by atoms with E-state index < -0.39 is 0 Å². The first-order valence-corrected chi connectivity index (χ1v) is 11.3. The Hall–Kier alpha value is -2.80. The molecule has 1 heteroatoms. The van der Waals surface area contributed by atoms with Gasteiger partial charge in [-0.3, -0.25) is 0 Å². The van der Waals surface area contributed by atoms with E-state index in [-0.39, 0.29) is 5.41 Å². The summed E-state index contributed by atoms with van der Waals surface area (Å²) in [5.74, 6) is 0.437. The summed E-state index contributed by atoms with van der Waals surface area (Å²) < 4.78 is 0. The molecule has 0 fully saturated rings. The fourth-order valence-electron chi connectivity index (χ4n) is 3.87. The molecule has 1 aromatic carbocycles. The maximum Gasteiger partial charge on any atom is 0.0405 e.